The monoisotopic (exact) mass is 231 g/mol. The van der Waals surface area contributed by atoms with Gasteiger partial charge in [-0.05, 0) is 32.9 Å². The second-order valence-corrected chi connectivity index (χ2v) is 6.52. The lowest BCUT2D eigenvalue weighted by Crippen LogP contribution is -2.47. The summed E-state index contributed by atoms with van der Waals surface area (Å²) in [6.07, 6.45) is 7.75. The van der Waals surface area contributed by atoms with Crippen molar-refractivity contribution in [2.75, 3.05) is 19.9 Å². The Hall–Kier alpha value is 0.270. The van der Waals surface area contributed by atoms with Crippen LogP contribution in [-0.2, 0) is 4.74 Å². The van der Waals surface area contributed by atoms with Gasteiger partial charge in [-0.2, -0.15) is 11.8 Å². The maximum absolute atomic E-state index is 5.53. The zero-order chi connectivity index (χ0) is 11.3. The van der Waals surface area contributed by atoms with Crippen molar-refractivity contribution in [1.82, 2.24) is 5.32 Å². The Morgan fingerprint density at radius 1 is 1.33 bits per heavy atom. The third-order valence-electron chi connectivity index (χ3n) is 3.35. The molecule has 0 bridgehead atoms. The molecule has 0 aromatic heterocycles. The summed E-state index contributed by atoms with van der Waals surface area (Å²) in [5, 5.41) is 3.67. The molecule has 0 aliphatic heterocycles. The summed E-state index contributed by atoms with van der Waals surface area (Å²) >= 11 is 1.92. The Kier molecular flexibility index (Phi) is 5.44. The number of nitrogens with one attached hydrogen (secondary N) is 1. The topological polar surface area (TPSA) is 21.3 Å². The fourth-order valence-corrected chi connectivity index (χ4v) is 2.29. The molecule has 1 rings (SSSR count). The predicted molar refractivity (Wildman–Crippen MR) is 68.6 cm³/mol. The second kappa shape index (κ2) is 6.12. The van der Waals surface area contributed by atoms with Crippen LogP contribution in [0.2, 0.25) is 0 Å². The van der Waals surface area contributed by atoms with Crippen molar-refractivity contribution >= 4 is 11.8 Å². The molecule has 1 aliphatic rings. The number of ether oxygens (including phenoxy) is 1. The van der Waals surface area contributed by atoms with Crippen molar-refractivity contribution in [3.63, 3.8) is 0 Å². The molecule has 1 saturated carbocycles. The summed E-state index contributed by atoms with van der Waals surface area (Å²) in [6.45, 7) is 5.64. The van der Waals surface area contributed by atoms with Crippen molar-refractivity contribution < 1.29 is 4.74 Å². The van der Waals surface area contributed by atoms with E-state index in [4.69, 9.17) is 4.74 Å². The van der Waals surface area contributed by atoms with Gasteiger partial charge in [0.05, 0.1) is 6.10 Å². The Labute approximate surface area is 98.5 Å². The first-order chi connectivity index (χ1) is 7.09. The largest absolute Gasteiger partial charge is 0.380 e. The molecule has 90 valence electrons. The predicted octanol–water partition coefficient (Wildman–Crippen LogP) is 2.68. The molecule has 0 spiro atoms. The summed E-state index contributed by atoms with van der Waals surface area (Å²) in [5.41, 5.74) is 0. The van der Waals surface area contributed by atoms with Gasteiger partial charge in [0, 0.05) is 24.4 Å². The van der Waals surface area contributed by atoms with Gasteiger partial charge in [-0.25, -0.2) is 0 Å². The third kappa shape index (κ3) is 4.33. The van der Waals surface area contributed by atoms with Crippen molar-refractivity contribution in [3.05, 3.63) is 0 Å². The van der Waals surface area contributed by atoms with Crippen LogP contribution in [0.25, 0.3) is 0 Å². The van der Waals surface area contributed by atoms with Gasteiger partial charge < -0.3 is 10.1 Å². The van der Waals surface area contributed by atoms with Crippen LogP contribution < -0.4 is 5.32 Å². The highest BCUT2D eigenvalue weighted by atomic mass is 32.2. The third-order valence-corrected chi connectivity index (χ3v) is 4.60. The van der Waals surface area contributed by atoms with Gasteiger partial charge in [-0.3, -0.25) is 0 Å². The number of hydrogen-bond donors (Lipinski definition) is 1. The fraction of sp³-hybridized carbons (Fsp3) is 1.00. The summed E-state index contributed by atoms with van der Waals surface area (Å²) in [5.74, 6) is 0. The van der Waals surface area contributed by atoms with Crippen LogP contribution in [0.5, 0.6) is 0 Å². The first kappa shape index (κ1) is 13.3. The van der Waals surface area contributed by atoms with Crippen molar-refractivity contribution in [1.29, 1.82) is 0 Å². The molecule has 1 fully saturated rings. The Bertz CT molecular complexity index is 184. The molecule has 0 amide bonds. The molecule has 2 unspecified atom stereocenters. The molecule has 3 heteroatoms. The highest BCUT2D eigenvalue weighted by Gasteiger charge is 2.26. The quantitative estimate of drug-likeness (QED) is 0.786. The van der Waals surface area contributed by atoms with Gasteiger partial charge in [0.25, 0.3) is 0 Å². The maximum Gasteiger partial charge on any atom is 0.0724 e. The van der Waals surface area contributed by atoms with Crippen LogP contribution >= 0.6 is 11.8 Å². The highest BCUT2D eigenvalue weighted by molar-refractivity contribution is 7.99. The van der Waals surface area contributed by atoms with Gasteiger partial charge in [0.15, 0.2) is 0 Å². The van der Waals surface area contributed by atoms with E-state index in [9.17, 15) is 0 Å². The first-order valence-corrected chi connectivity index (χ1v) is 7.13. The molecule has 0 heterocycles. The number of methoxy groups -OCH3 is 1. The lowest BCUT2D eigenvalue weighted by atomic mass is 9.92. The highest BCUT2D eigenvalue weighted by Crippen LogP contribution is 2.24. The number of rotatable bonds is 5. The Morgan fingerprint density at radius 3 is 2.60 bits per heavy atom. The van der Waals surface area contributed by atoms with Crippen LogP contribution in [0, 0.1) is 0 Å². The second-order valence-electron chi connectivity index (χ2n) is 5.01. The fourth-order valence-electron chi connectivity index (χ4n) is 2.06. The van der Waals surface area contributed by atoms with E-state index >= 15 is 0 Å². The maximum atomic E-state index is 5.53. The van der Waals surface area contributed by atoms with Gasteiger partial charge in [-0.1, -0.05) is 12.8 Å². The molecular formula is C12H25NOS. The minimum Gasteiger partial charge on any atom is -0.380 e. The molecular weight excluding hydrogens is 206 g/mol. The van der Waals surface area contributed by atoms with E-state index < -0.39 is 0 Å². The minimum atomic E-state index is 0.329. The van der Waals surface area contributed by atoms with Gasteiger partial charge >= 0.3 is 0 Å². The lowest BCUT2D eigenvalue weighted by Gasteiger charge is -2.34. The summed E-state index contributed by atoms with van der Waals surface area (Å²) in [7, 11) is 1.84. The van der Waals surface area contributed by atoms with E-state index in [1.807, 2.05) is 18.9 Å². The first-order valence-electron chi connectivity index (χ1n) is 5.90. The van der Waals surface area contributed by atoms with Gasteiger partial charge in [0.1, 0.15) is 0 Å². The zero-order valence-corrected chi connectivity index (χ0v) is 11.3. The lowest BCUT2D eigenvalue weighted by molar-refractivity contribution is 0.0414. The Morgan fingerprint density at radius 2 is 2.00 bits per heavy atom. The zero-order valence-electron chi connectivity index (χ0n) is 10.5. The van der Waals surface area contributed by atoms with Crippen molar-refractivity contribution in [2.24, 2.45) is 0 Å². The number of hydrogen-bond acceptors (Lipinski definition) is 3. The number of thioether (sulfide) groups is 1. The molecule has 2 atom stereocenters. The smallest absolute Gasteiger partial charge is 0.0724 e. The summed E-state index contributed by atoms with van der Waals surface area (Å²) < 4.78 is 5.86. The average Bonchev–Trinajstić information content (AvgIpc) is 2.27. The molecule has 2 nitrogen and oxygen atoms in total. The molecule has 0 radical (unpaired) electrons. The average molecular weight is 231 g/mol. The molecule has 15 heavy (non-hydrogen) atoms. The van der Waals surface area contributed by atoms with E-state index in [2.05, 4.69) is 25.4 Å². The van der Waals surface area contributed by atoms with Crippen molar-refractivity contribution in [3.8, 4) is 0 Å². The van der Waals surface area contributed by atoms with Gasteiger partial charge in [-0.15, -0.1) is 0 Å². The normalized spacial score (nSPS) is 28.0. The van der Waals surface area contributed by atoms with E-state index in [-0.39, 0.29) is 0 Å². The van der Waals surface area contributed by atoms with E-state index in [0.29, 0.717) is 16.9 Å². The van der Waals surface area contributed by atoms with Crippen LogP contribution in [0.4, 0.5) is 0 Å². The van der Waals surface area contributed by atoms with E-state index in [1.165, 1.54) is 25.7 Å². The Balaban J connectivity index is 2.35. The molecule has 1 aliphatic carbocycles. The minimum absolute atomic E-state index is 0.329. The summed E-state index contributed by atoms with van der Waals surface area (Å²) in [6, 6.07) is 0.565. The molecule has 0 aromatic rings. The molecule has 0 saturated heterocycles. The van der Waals surface area contributed by atoms with E-state index in [0.717, 1.165) is 6.54 Å². The van der Waals surface area contributed by atoms with Crippen LogP contribution in [0.15, 0.2) is 0 Å². The van der Waals surface area contributed by atoms with Crippen molar-refractivity contribution in [2.45, 2.75) is 56.4 Å². The van der Waals surface area contributed by atoms with Gasteiger partial charge in [0.2, 0.25) is 0 Å². The molecule has 1 N–H and O–H groups in total. The summed E-state index contributed by atoms with van der Waals surface area (Å²) in [4.78, 5) is 0. The van der Waals surface area contributed by atoms with Crippen LogP contribution in [0.3, 0.4) is 0 Å². The van der Waals surface area contributed by atoms with Crippen LogP contribution in [0.1, 0.15) is 39.5 Å². The molecule has 0 aromatic carbocycles. The van der Waals surface area contributed by atoms with E-state index in [1.54, 1.807) is 0 Å². The SMILES string of the molecule is COC1CCCCC1NCC(C)(C)SC. The standard InChI is InChI=1S/C12H25NOS/c1-12(2,15-4)9-13-10-7-5-6-8-11(10)14-3/h10-11,13H,5-9H2,1-4H3. The van der Waals surface area contributed by atoms with Crippen LogP contribution in [-0.4, -0.2) is 36.8 Å².